The molecular formula is C19H22BrN. The van der Waals surface area contributed by atoms with E-state index in [1.54, 1.807) is 11.1 Å². The second-order valence-corrected chi connectivity index (χ2v) is 6.82. The number of aryl methyl sites for hydroxylation is 2. The van der Waals surface area contributed by atoms with Crippen molar-refractivity contribution in [3.8, 4) is 0 Å². The predicted molar refractivity (Wildman–Crippen MR) is 92.7 cm³/mol. The molecule has 0 spiro atoms. The molecule has 1 unspecified atom stereocenters. The Balaban J connectivity index is 1.81. The van der Waals surface area contributed by atoms with Crippen LogP contribution < -0.4 is 5.32 Å². The predicted octanol–water partition coefficient (Wildman–Crippen LogP) is 4.83. The molecule has 1 nitrogen and oxygen atoms in total. The summed E-state index contributed by atoms with van der Waals surface area (Å²) in [6.07, 6.45) is 6.22. The van der Waals surface area contributed by atoms with E-state index in [0.29, 0.717) is 6.04 Å². The highest BCUT2D eigenvalue weighted by molar-refractivity contribution is 9.10. The van der Waals surface area contributed by atoms with Crippen LogP contribution in [0.2, 0.25) is 0 Å². The minimum Gasteiger partial charge on any atom is -0.313 e. The van der Waals surface area contributed by atoms with Gasteiger partial charge in [0, 0.05) is 10.5 Å². The first-order chi connectivity index (χ1) is 10.3. The molecule has 0 saturated carbocycles. The minimum absolute atomic E-state index is 0.387. The number of rotatable bonds is 4. The molecule has 0 saturated heterocycles. The van der Waals surface area contributed by atoms with Crippen molar-refractivity contribution in [3.63, 3.8) is 0 Å². The van der Waals surface area contributed by atoms with Gasteiger partial charge in [0.1, 0.15) is 0 Å². The van der Waals surface area contributed by atoms with Gasteiger partial charge in [0.2, 0.25) is 0 Å². The fraction of sp³-hybridized carbons (Fsp3) is 0.368. The Labute approximate surface area is 135 Å². The maximum atomic E-state index is 3.50. The lowest BCUT2D eigenvalue weighted by molar-refractivity contribution is 0.588. The van der Waals surface area contributed by atoms with Gasteiger partial charge >= 0.3 is 0 Å². The van der Waals surface area contributed by atoms with Crippen molar-refractivity contribution in [1.82, 2.24) is 5.32 Å². The van der Waals surface area contributed by atoms with Crippen molar-refractivity contribution < 1.29 is 0 Å². The van der Waals surface area contributed by atoms with Crippen LogP contribution in [0.1, 0.15) is 41.1 Å². The molecule has 21 heavy (non-hydrogen) atoms. The number of halogens is 1. The lowest BCUT2D eigenvalue weighted by Crippen LogP contribution is -2.19. The molecule has 110 valence electrons. The van der Waals surface area contributed by atoms with Crippen LogP contribution in [0.25, 0.3) is 0 Å². The summed E-state index contributed by atoms with van der Waals surface area (Å²) >= 11 is 3.50. The maximum absolute atomic E-state index is 3.50. The number of benzene rings is 2. The summed E-state index contributed by atoms with van der Waals surface area (Å²) in [5.41, 5.74) is 5.91. The SMILES string of the molecule is CNC(Cc1ccc(Br)cc1)c1ccc2c(c1)CCCC2. The summed E-state index contributed by atoms with van der Waals surface area (Å²) in [4.78, 5) is 0. The van der Waals surface area contributed by atoms with Crippen molar-refractivity contribution >= 4 is 15.9 Å². The molecule has 0 heterocycles. The van der Waals surface area contributed by atoms with Crippen LogP contribution in [0, 0.1) is 0 Å². The van der Waals surface area contributed by atoms with E-state index < -0.39 is 0 Å². The fourth-order valence-electron chi connectivity index (χ4n) is 3.21. The molecule has 1 aliphatic rings. The van der Waals surface area contributed by atoms with Gasteiger partial charge < -0.3 is 5.32 Å². The third-order valence-electron chi connectivity index (χ3n) is 4.48. The molecule has 1 N–H and O–H groups in total. The van der Waals surface area contributed by atoms with Crippen LogP contribution in [0.5, 0.6) is 0 Å². The van der Waals surface area contributed by atoms with Crippen LogP contribution in [0.3, 0.4) is 0 Å². The Bertz CT molecular complexity index is 603. The van der Waals surface area contributed by atoms with E-state index in [1.807, 2.05) is 0 Å². The van der Waals surface area contributed by atoms with Crippen LogP contribution in [0.4, 0.5) is 0 Å². The first-order valence-electron chi connectivity index (χ1n) is 7.79. The molecule has 1 aliphatic carbocycles. The summed E-state index contributed by atoms with van der Waals surface area (Å²) in [5, 5.41) is 3.48. The molecule has 2 aromatic carbocycles. The van der Waals surface area contributed by atoms with Gasteiger partial charge in [-0.1, -0.05) is 46.3 Å². The van der Waals surface area contributed by atoms with E-state index in [4.69, 9.17) is 0 Å². The molecule has 3 rings (SSSR count). The van der Waals surface area contributed by atoms with E-state index in [2.05, 4.69) is 70.8 Å². The van der Waals surface area contributed by atoms with E-state index in [-0.39, 0.29) is 0 Å². The smallest absolute Gasteiger partial charge is 0.0358 e. The van der Waals surface area contributed by atoms with Gasteiger partial charge in [-0.05, 0) is 73.5 Å². The second kappa shape index (κ2) is 6.76. The Morgan fingerprint density at radius 2 is 1.71 bits per heavy atom. The monoisotopic (exact) mass is 343 g/mol. The normalized spacial score (nSPS) is 15.5. The lowest BCUT2D eigenvalue weighted by Gasteiger charge is -2.21. The topological polar surface area (TPSA) is 12.0 Å². The quantitative estimate of drug-likeness (QED) is 0.838. The standard InChI is InChI=1S/C19H22BrN/c1-21-19(12-14-6-10-18(20)11-7-14)17-9-8-15-4-2-3-5-16(15)13-17/h6-11,13,19,21H,2-5,12H2,1H3. The Morgan fingerprint density at radius 1 is 1.00 bits per heavy atom. The molecule has 0 aromatic heterocycles. The average molecular weight is 344 g/mol. The second-order valence-electron chi connectivity index (χ2n) is 5.91. The minimum atomic E-state index is 0.387. The largest absolute Gasteiger partial charge is 0.313 e. The van der Waals surface area contributed by atoms with Crippen LogP contribution in [-0.4, -0.2) is 7.05 Å². The van der Waals surface area contributed by atoms with Crippen molar-refractivity contribution in [2.75, 3.05) is 7.05 Å². The molecule has 0 bridgehead atoms. The molecule has 2 aromatic rings. The number of hydrogen-bond donors (Lipinski definition) is 1. The molecule has 0 radical (unpaired) electrons. The van der Waals surface area contributed by atoms with Gasteiger partial charge in [-0.3, -0.25) is 0 Å². The summed E-state index contributed by atoms with van der Waals surface area (Å²) in [7, 11) is 2.06. The summed E-state index contributed by atoms with van der Waals surface area (Å²) in [6, 6.07) is 16.1. The zero-order chi connectivity index (χ0) is 14.7. The van der Waals surface area contributed by atoms with Gasteiger partial charge in [0.25, 0.3) is 0 Å². The van der Waals surface area contributed by atoms with Crippen LogP contribution >= 0.6 is 15.9 Å². The highest BCUT2D eigenvalue weighted by Crippen LogP contribution is 2.26. The van der Waals surface area contributed by atoms with Crippen molar-refractivity contribution in [1.29, 1.82) is 0 Å². The summed E-state index contributed by atoms with van der Waals surface area (Å²) < 4.78 is 1.14. The number of likely N-dealkylation sites (N-methyl/N-ethyl adjacent to an activating group) is 1. The van der Waals surface area contributed by atoms with E-state index in [0.717, 1.165) is 10.9 Å². The van der Waals surface area contributed by atoms with Crippen molar-refractivity contribution in [3.05, 3.63) is 69.2 Å². The molecule has 2 heteroatoms. The molecule has 1 atom stereocenters. The summed E-state index contributed by atoms with van der Waals surface area (Å²) in [6.45, 7) is 0. The Hall–Kier alpha value is -1.12. The fourth-order valence-corrected chi connectivity index (χ4v) is 3.48. The van der Waals surface area contributed by atoms with Gasteiger partial charge in [-0.2, -0.15) is 0 Å². The van der Waals surface area contributed by atoms with Gasteiger partial charge in [0.15, 0.2) is 0 Å². The van der Waals surface area contributed by atoms with Crippen molar-refractivity contribution in [2.24, 2.45) is 0 Å². The van der Waals surface area contributed by atoms with E-state index in [1.165, 1.54) is 36.8 Å². The van der Waals surface area contributed by atoms with Crippen LogP contribution in [-0.2, 0) is 19.3 Å². The number of nitrogens with one attached hydrogen (secondary N) is 1. The average Bonchev–Trinajstić information content (AvgIpc) is 2.54. The highest BCUT2D eigenvalue weighted by atomic mass is 79.9. The van der Waals surface area contributed by atoms with E-state index >= 15 is 0 Å². The third-order valence-corrected chi connectivity index (χ3v) is 5.01. The Morgan fingerprint density at radius 3 is 2.43 bits per heavy atom. The molecular weight excluding hydrogens is 322 g/mol. The highest BCUT2D eigenvalue weighted by Gasteiger charge is 2.14. The summed E-state index contributed by atoms with van der Waals surface area (Å²) in [5.74, 6) is 0. The third kappa shape index (κ3) is 3.56. The number of hydrogen-bond acceptors (Lipinski definition) is 1. The first-order valence-corrected chi connectivity index (χ1v) is 8.59. The molecule has 0 aliphatic heterocycles. The number of fused-ring (bicyclic) bond motifs is 1. The van der Waals surface area contributed by atoms with Gasteiger partial charge in [-0.25, -0.2) is 0 Å². The van der Waals surface area contributed by atoms with Crippen LogP contribution in [0.15, 0.2) is 46.9 Å². The zero-order valence-corrected chi connectivity index (χ0v) is 14.1. The lowest BCUT2D eigenvalue weighted by atomic mass is 9.88. The van der Waals surface area contributed by atoms with Crippen molar-refractivity contribution in [2.45, 2.75) is 38.1 Å². The molecule has 0 amide bonds. The molecule has 0 fully saturated rings. The van der Waals surface area contributed by atoms with Gasteiger partial charge in [-0.15, -0.1) is 0 Å². The van der Waals surface area contributed by atoms with E-state index in [9.17, 15) is 0 Å². The first kappa shape index (κ1) is 14.8. The van der Waals surface area contributed by atoms with Gasteiger partial charge in [0.05, 0.1) is 0 Å². The zero-order valence-electron chi connectivity index (χ0n) is 12.5. The maximum Gasteiger partial charge on any atom is 0.0358 e. The Kier molecular flexibility index (Phi) is 4.77.